The van der Waals surface area contributed by atoms with Gasteiger partial charge >= 0.3 is 5.97 Å². The van der Waals surface area contributed by atoms with Gasteiger partial charge in [-0.2, -0.15) is 0 Å². The van der Waals surface area contributed by atoms with E-state index >= 15 is 0 Å². The summed E-state index contributed by atoms with van der Waals surface area (Å²) in [6.07, 6.45) is 3.91. The minimum Gasteiger partial charge on any atom is -0.492 e. The number of hydrogen-bond acceptors (Lipinski definition) is 4. The lowest BCUT2D eigenvalue weighted by Crippen LogP contribution is -2.46. The molecule has 1 aromatic rings. The van der Waals surface area contributed by atoms with E-state index in [9.17, 15) is 9.90 Å². The number of rotatable bonds is 5. The van der Waals surface area contributed by atoms with Crippen molar-refractivity contribution >= 4 is 5.97 Å². The summed E-state index contributed by atoms with van der Waals surface area (Å²) in [7, 11) is 0. The summed E-state index contributed by atoms with van der Waals surface area (Å²) in [6, 6.07) is 7.54. The van der Waals surface area contributed by atoms with E-state index in [0.717, 1.165) is 32.2 Å². The largest absolute Gasteiger partial charge is 0.492 e. The van der Waals surface area contributed by atoms with Crippen LogP contribution in [0.2, 0.25) is 0 Å². The van der Waals surface area contributed by atoms with Gasteiger partial charge in [0.1, 0.15) is 12.4 Å². The van der Waals surface area contributed by atoms with Crippen LogP contribution < -0.4 is 4.74 Å². The summed E-state index contributed by atoms with van der Waals surface area (Å²) in [5.41, 5.74) is 0.244. The summed E-state index contributed by atoms with van der Waals surface area (Å²) in [5, 5.41) is 18.7. The molecule has 114 valence electrons. The van der Waals surface area contributed by atoms with Crippen LogP contribution in [-0.4, -0.2) is 52.4 Å². The first kappa shape index (κ1) is 14.4. The normalized spacial score (nSPS) is 28.5. The van der Waals surface area contributed by atoms with E-state index in [1.54, 1.807) is 24.3 Å². The third-order valence-electron chi connectivity index (χ3n) is 4.56. The number of aliphatic hydroxyl groups is 1. The highest BCUT2D eigenvalue weighted by Crippen LogP contribution is 2.35. The molecule has 5 heteroatoms. The fraction of sp³-hybridized carbons (Fsp3) is 0.562. The van der Waals surface area contributed by atoms with Gasteiger partial charge in [0, 0.05) is 18.6 Å². The zero-order valence-corrected chi connectivity index (χ0v) is 11.9. The fourth-order valence-corrected chi connectivity index (χ4v) is 3.60. The first-order chi connectivity index (χ1) is 10.1. The van der Waals surface area contributed by atoms with Gasteiger partial charge in [-0.25, -0.2) is 4.79 Å². The number of nitrogens with zero attached hydrogens (tertiary/aromatic N) is 1. The Morgan fingerprint density at radius 1 is 1.29 bits per heavy atom. The van der Waals surface area contributed by atoms with Gasteiger partial charge in [-0.3, -0.25) is 4.90 Å². The number of ether oxygens (including phenoxy) is 1. The highest BCUT2D eigenvalue weighted by Gasteiger charge is 2.39. The fourth-order valence-electron chi connectivity index (χ4n) is 3.60. The number of carboxylic acid groups (broad SMARTS) is 1. The molecule has 2 N–H and O–H groups in total. The Morgan fingerprint density at radius 3 is 2.67 bits per heavy atom. The molecule has 2 bridgehead atoms. The number of carboxylic acids is 1. The monoisotopic (exact) mass is 291 g/mol. The minimum atomic E-state index is -0.941. The molecule has 5 nitrogen and oxygen atoms in total. The number of piperidine rings is 1. The van der Waals surface area contributed by atoms with Gasteiger partial charge in [0.15, 0.2) is 0 Å². The van der Waals surface area contributed by atoms with Crippen LogP contribution in [0.3, 0.4) is 0 Å². The van der Waals surface area contributed by atoms with Crippen molar-refractivity contribution in [1.29, 1.82) is 0 Å². The van der Waals surface area contributed by atoms with E-state index in [0.29, 0.717) is 24.4 Å². The quantitative estimate of drug-likeness (QED) is 0.865. The van der Waals surface area contributed by atoms with E-state index in [1.165, 1.54) is 0 Å². The van der Waals surface area contributed by atoms with E-state index in [1.807, 2.05) is 0 Å². The molecular formula is C16H21NO4. The minimum absolute atomic E-state index is 0.146. The Hall–Kier alpha value is -1.59. The second-order valence-electron chi connectivity index (χ2n) is 5.93. The maximum absolute atomic E-state index is 10.9. The Labute approximate surface area is 124 Å². The van der Waals surface area contributed by atoms with Crippen LogP contribution in [0.4, 0.5) is 0 Å². The average Bonchev–Trinajstić information content (AvgIpc) is 2.70. The zero-order chi connectivity index (χ0) is 14.8. The van der Waals surface area contributed by atoms with E-state index in [4.69, 9.17) is 9.84 Å². The molecule has 0 aromatic heterocycles. The highest BCUT2D eigenvalue weighted by molar-refractivity contribution is 5.87. The van der Waals surface area contributed by atoms with Crippen molar-refractivity contribution in [2.24, 2.45) is 0 Å². The van der Waals surface area contributed by atoms with Gasteiger partial charge in [0.25, 0.3) is 0 Å². The van der Waals surface area contributed by atoms with E-state index < -0.39 is 5.97 Å². The SMILES string of the molecule is O=C(O)c1cccc(OCCN2C3CCC2CC(O)C3)c1. The molecule has 2 aliphatic rings. The Kier molecular flexibility index (Phi) is 4.12. The maximum Gasteiger partial charge on any atom is 0.335 e. The van der Waals surface area contributed by atoms with Gasteiger partial charge in [-0.05, 0) is 43.9 Å². The van der Waals surface area contributed by atoms with Gasteiger partial charge in [-0.1, -0.05) is 6.07 Å². The smallest absolute Gasteiger partial charge is 0.335 e. The molecule has 1 aromatic carbocycles. The Morgan fingerprint density at radius 2 is 2.00 bits per heavy atom. The third-order valence-corrected chi connectivity index (χ3v) is 4.56. The molecule has 2 fully saturated rings. The molecule has 3 rings (SSSR count). The molecule has 0 radical (unpaired) electrons. The van der Waals surface area contributed by atoms with Gasteiger partial charge < -0.3 is 14.9 Å². The average molecular weight is 291 g/mol. The number of aromatic carboxylic acids is 1. The third kappa shape index (κ3) is 3.19. The van der Waals surface area contributed by atoms with Crippen molar-refractivity contribution in [3.8, 4) is 5.75 Å². The molecule has 2 atom stereocenters. The summed E-state index contributed by atoms with van der Waals surface area (Å²) < 4.78 is 5.68. The zero-order valence-electron chi connectivity index (χ0n) is 11.9. The molecule has 0 saturated carbocycles. The number of benzene rings is 1. The van der Waals surface area contributed by atoms with Crippen molar-refractivity contribution in [3.63, 3.8) is 0 Å². The van der Waals surface area contributed by atoms with Crippen LogP contribution in [-0.2, 0) is 0 Å². The summed E-state index contributed by atoms with van der Waals surface area (Å²) in [4.78, 5) is 13.4. The highest BCUT2D eigenvalue weighted by atomic mass is 16.5. The first-order valence-electron chi connectivity index (χ1n) is 7.53. The first-order valence-corrected chi connectivity index (χ1v) is 7.53. The number of fused-ring (bicyclic) bond motifs is 2. The van der Waals surface area contributed by atoms with Crippen molar-refractivity contribution in [2.75, 3.05) is 13.2 Å². The Balaban J connectivity index is 1.53. The summed E-state index contributed by atoms with van der Waals surface area (Å²) in [5.74, 6) is -0.345. The second-order valence-corrected chi connectivity index (χ2v) is 5.93. The van der Waals surface area contributed by atoms with Gasteiger partial charge in [0.2, 0.25) is 0 Å². The number of carbonyl (C=O) groups is 1. The van der Waals surface area contributed by atoms with E-state index in [-0.39, 0.29) is 11.7 Å². The molecule has 0 spiro atoms. The number of aliphatic hydroxyl groups excluding tert-OH is 1. The molecule has 2 unspecified atom stereocenters. The maximum atomic E-state index is 10.9. The molecule has 0 amide bonds. The van der Waals surface area contributed by atoms with Crippen molar-refractivity contribution in [1.82, 2.24) is 4.90 Å². The lowest BCUT2D eigenvalue weighted by molar-refractivity contribution is 0.0288. The Bertz CT molecular complexity index is 505. The van der Waals surface area contributed by atoms with Crippen LogP contribution in [0.25, 0.3) is 0 Å². The molecule has 21 heavy (non-hydrogen) atoms. The lowest BCUT2D eigenvalue weighted by atomic mass is 10.0. The van der Waals surface area contributed by atoms with Crippen molar-refractivity contribution in [2.45, 2.75) is 43.9 Å². The molecule has 2 aliphatic heterocycles. The van der Waals surface area contributed by atoms with Gasteiger partial charge in [0.05, 0.1) is 11.7 Å². The topological polar surface area (TPSA) is 70.0 Å². The molecular weight excluding hydrogens is 270 g/mol. The number of hydrogen-bond donors (Lipinski definition) is 2. The van der Waals surface area contributed by atoms with Crippen molar-refractivity contribution in [3.05, 3.63) is 29.8 Å². The summed E-state index contributed by atoms with van der Waals surface area (Å²) >= 11 is 0. The van der Waals surface area contributed by atoms with Crippen LogP contribution >= 0.6 is 0 Å². The van der Waals surface area contributed by atoms with Crippen molar-refractivity contribution < 1.29 is 19.7 Å². The standard InChI is InChI=1S/C16H21NO4/c18-14-9-12-4-5-13(10-14)17(12)6-7-21-15-3-1-2-11(8-15)16(19)20/h1-3,8,12-14,18H,4-7,9-10H2,(H,19,20). The summed E-state index contributed by atoms with van der Waals surface area (Å²) in [6.45, 7) is 1.38. The molecule has 2 saturated heterocycles. The predicted octanol–water partition coefficient (Wildman–Crippen LogP) is 1.75. The lowest BCUT2D eigenvalue weighted by Gasteiger charge is -2.36. The molecule has 2 heterocycles. The van der Waals surface area contributed by atoms with Crippen LogP contribution in [0.1, 0.15) is 36.0 Å². The van der Waals surface area contributed by atoms with Gasteiger partial charge in [-0.15, -0.1) is 0 Å². The molecule has 0 aliphatic carbocycles. The predicted molar refractivity (Wildman–Crippen MR) is 77.7 cm³/mol. The van der Waals surface area contributed by atoms with Crippen LogP contribution in [0.15, 0.2) is 24.3 Å². The van der Waals surface area contributed by atoms with Crippen LogP contribution in [0.5, 0.6) is 5.75 Å². The second kappa shape index (κ2) is 6.03. The van der Waals surface area contributed by atoms with Crippen LogP contribution in [0, 0.1) is 0 Å². The van der Waals surface area contributed by atoms with E-state index in [2.05, 4.69) is 4.90 Å².